The van der Waals surface area contributed by atoms with Crippen LogP contribution < -0.4 is 5.32 Å². The fourth-order valence-corrected chi connectivity index (χ4v) is 2.29. The van der Waals surface area contributed by atoms with E-state index in [0.717, 1.165) is 5.69 Å². The normalized spacial score (nSPS) is 23.2. The van der Waals surface area contributed by atoms with Gasteiger partial charge in [-0.1, -0.05) is 18.2 Å². The van der Waals surface area contributed by atoms with Crippen LogP contribution in [0.2, 0.25) is 0 Å². The number of hydrogen-bond acceptors (Lipinski definition) is 3. The predicted molar refractivity (Wildman–Crippen MR) is 71.9 cm³/mol. The summed E-state index contributed by atoms with van der Waals surface area (Å²) in [7, 11) is 0. The van der Waals surface area contributed by atoms with Gasteiger partial charge in [0.1, 0.15) is 0 Å². The maximum atomic E-state index is 11.8. The molecule has 19 heavy (non-hydrogen) atoms. The third-order valence-electron chi connectivity index (χ3n) is 3.49. The van der Waals surface area contributed by atoms with Crippen molar-refractivity contribution in [3.8, 4) is 0 Å². The number of rotatable bonds is 4. The molecule has 5 heteroatoms. The molecule has 1 aromatic carbocycles. The summed E-state index contributed by atoms with van der Waals surface area (Å²) in [6, 6.07) is 9.24. The molecular weight excluding hydrogens is 244 g/mol. The molecule has 0 spiro atoms. The molecule has 1 heterocycles. The number of anilines is 1. The van der Waals surface area contributed by atoms with Crippen LogP contribution >= 0.6 is 0 Å². The van der Waals surface area contributed by atoms with Gasteiger partial charge in [0.2, 0.25) is 5.91 Å². The summed E-state index contributed by atoms with van der Waals surface area (Å²) in [4.78, 5) is 24.8. The summed E-state index contributed by atoms with van der Waals surface area (Å²) in [5.41, 5.74) is 0.0280. The second-order valence-corrected chi connectivity index (χ2v) is 5.24. The Morgan fingerprint density at radius 1 is 1.37 bits per heavy atom. The van der Waals surface area contributed by atoms with E-state index in [2.05, 4.69) is 5.32 Å². The summed E-state index contributed by atoms with van der Waals surface area (Å²) in [6.45, 7) is 3.03. The molecule has 1 atom stereocenters. The van der Waals surface area contributed by atoms with Crippen LogP contribution in [0.1, 0.15) is 13.3 Å². The Hall–Kier alpha value is -1.88. The van der Waals surface area contributed by atoms with Crippen molar-refractivity contribution >= 4 is 17.6 Å². The van der Waals surface area contributed by atoms with Gasteiger partial charge in [-0.05, 0) is 32.0 Å². The topological polar surface area (TPSA) is 69.6 Å². The molecule has 0 saturated carbocycles. The van der Waals surface area contributed by atoms with Gasteiger partial charge in [-0.25, -0.2) is 0 Å². The number of nitrogens with zero attached hydrogens (tertiary/aromatic N) is 1. The van der Waals surface area contributed by atoms with Crippen LogP contribution in [0.25, 0.3) is 0 Å². The standard InChI is InChI=1S/C14H18N2O3/c1-14(13(18)19)7-8-16(10-14)9-12(17)15-11-5-3-2-4-6-11/h2-6H,7-10H2,1H3,(H,15,17)(H,18,19). The van der Waals surface area contributed by atoms with Crippen LogP contribution in [-0.4, -0.2) is 41.5 Å². The first kappa shape index (κ1) is 13.5. The van der Waals surface area contributed by atoms with E-state index in [4.69, 9.17) is 5.11 Å². The van der Waals surface area contributed by atoms with Crippen LogP contribution in [0.4, 0.5) is 5.69 Å². The van der Waals surface area contributed by atoms with E-state index >= 15 is 0 Å². The Bertz CT molecular complexity index is 475. The molecule has 0 aromatic heterocycles. The minimum absolute atomic E-state index is 0.110. The van der Waals surface area contributed by atoms with Crippen molar-refractivity contribution in [2.24, 2.45) is 5.41 Å². The molecule has 1 unspecified atom stereocenters. The molecule has 1 saturated heterocycles. The van der Waals surface area contributed by atoms with Gasteiger partial charge in [0.05, 0.1) is 12.0 Å². The van der Waals surface area contributed by atoms with E-state index in [9.17, 15) is 9.59 Å². The molecule has 1 fully saturated rings. The monoisotopic (exact) mass is 262 g/mol. The van der Waals surface area contributed by atoms with E-state index in [1.807, 2.05) is 35.2 Å². The fraction of sp³-hybridized carbons (Fsp3) is 0.429. The zero-order chi connectivity index (χ0) is 13.9. The molecule has 0 aliphatic carbocycles. The number of hydrogen-bond donors (Lipinski definition) is 2. The average Bonchev–Trinajstić information content (AvgIpc) is 2.73. The van der Waals surface area contributed by atoms with E-state index in [0.29, 0.717) is 19.5 Å². The van der Waals surface area contributed by atoms with Crippen LogP contribution in [0.5, 0.6) is 0 Å². The molecular formula is C14H18N2O3. The number of carboxylic acids is 1. The first-order valence-electron chi connectivity index (χ1n) is 6.30. The highest BCUT2D eigenvalue weighted by atomic mass is 16.4. The van der Waals surface area contributed by atoms with Gasteiger partial charge in [0.15, 0.2) is 0 Å². The minimum atomic E-state index is -0.793. The lowest BCUT2D eigenvalue weighted by Gasteiger charge is -2.19. The number of amides is 1. The highest BCUT2D eigenvalue weighted by Crippen LogP contribution is 2.29. The molecule has 2 rings (SSSR count). The SMILES string of the molecule is CC1(C(=O)O)CCN(CC(=O)Nc2ccccc2)C1. The fourth-order valence-electron chi connectivity index (χ4n) is 2.29. The Morgan fingerprint density at radius 3 is 2.63 bits per heavy atom. The zero-order valence-corrected chi connectivity index (χ0v) is 10.9. The van der Waals surface area contributed by atoms with Gasteiger partial charge in [0.25, 0.3) is 0 Å². The first-order valence-corrected chi connectivity index (χ1v) is 6.30. The molecule has 0 bridgehead atoms. The molecule has 102 valence electrons. The number of para-hydroxylation sites is 1. The number of likely N-dealkylation sites (tertiary alicyclic amines) is 1. The van der Waals surface area contributed by atoms with E-state index < -0.39 is 11.4 Å². The Kier molecular flexibility index (Phi) is 3.85. The number of benzene rings is 1. The van der Waals surface area contributed by atoms with Gasteiger partial charge >= 0.3 is 5.97 Å². The van der Waals surface area contributed by atoms with Crippen molar-refractivity contribution in [2.75, 3.05) is 25.0 Å². The Labute approximate surface area is 112 Å². The number of aliphatic carboxylic acids is 1. The van der Waals surface area contributed by atoms with Crippen molar-refractivity contribution in [3.63, 3.8) is 0 Å². The quantitative estimate of drug-likeness (QED) is 0.861. The lowest BCUT2D eigenvalue weighted by molar-refractivity contribution is -0.147. The second-order valence-electron chi connectivity index (χ2n) is 5.24. The lowest BCUT2D eigenvalue weighted by atomic mass is 9.90. The van der Waals surface area contributed by atoms with Crippen molar-refractivity contribution < 1.29 is 14.7 Å². The lowest BCUT2D eigenvalue weighted by Crippen LogP contribution is -2.35. The van der Waals surface area contributed by atoms with Crippen LogP contribution in [-0.2, 0) is 9.59 Å². The van der Waals surface area contributed by atoms with Crippen molar-refractivity contribution in [1.29, 1.82) is 0 Å². The minimum Gasteiger partial charge on any atom is -0.481 e. The second kappa shape index (κ2) is 5.40. The highest BCUT2D eigenvalue weighted by Gasteiger charge is 2.40. The molecule has 0 radical (unpaired) electrons. The van der Waals surface area contributed by atoms with Crippen molar-refractivity contribution in [2.45, 2.75) is 13.3 Å². The zero-order valence-electron chi connectivity index (χ0n) is 10.9. The van der Waals surface area contributed by atoms with Crippen LogP contribution in [0.3, 0.4) is 0 Å². The van der Waals surface area contributed by atoms with E-state index in [1.54, 1.807) is 6.92 Å². The molecule has 1 aliphatic heterocycles. The highest BCUT2D eigenvalue weighted by molar-refractivity contribution is 5.92. The Morgan fingerprint density at radius 2 is 2.05 bits per heavy atom. The van der Waals surface area contributed by atoms with Gasteiger partial charge in [-0.2, -0.15) is 0 Å². The first-order chi connectivity index (χ1) is 8.99. The van der Waals surface area contributed by atoms with E-state index in [1.165, 1.54) is 0 Å². The molecule has 1 aromatic rings. The van der Waals surface area contributed by atoms with Gasteiger partial charge in [-0.15, -0.1) is 0 Å². The largest absolute Gasteiger partial charge is 0.481 e. The summed E-state index contributed by atoms with van der Waals surface area (Å²) in [5, 5.41) is 11.9. The number of carboxylic acid groups (broad SMARTS) is 1. The Balaban J connectivity index is 1.86. The predicted octanol–water partition coefficient (Wildman–Crippen LogP) is 1.42. The summed E-state index contributed by atoms with van der Waals surface area (Å²) < 4.78 is 0. The maximum absolute atomic E-state index is 11.8. The van der Waals surface area contributed by atoms with Crippen molar-refractivity contribution in [1.82, 2.24) is 4.90 Å². The van der Waals surface area contributed by atoms with Crippen LogP contribution in [0, 0.1) is 5.41 Å². The number of carbonyl (C=O) groups is 2. The molecule has 1 aliphatic rings. The third-order valence-corrected chi connectivity index (χ3v) is 3.49. The van der Waals surface area contributed by atoms with Crippen LogP contribution in [0.15, 0.2) is 30.3 Å². The summed E-state index contributed by atoms with van der Waals surface area (Å²) >= 11 is 0. The molecule has 5 nitrogen and oxygen atoms in total. The maximum Gasteiger partial charge on any atom is 0.310 e. The van der Waals surface area contributed by atoms with Gasteiger partial charge < -0.3 is 10.4 Å². The smallest absolute Gasteiger partial charge is 0.310 e. The summed E-state index contributed by atoms with van der Waals surface area (Å²) in [6.07, 6.45) is 0.584. The molecule has 1 amide bonds. The summed E-state index contributed by atoms with van der Waals surface area (Å²) in [5.74, 6) is -0.903. The third kappa shape index (κ3) is 3.32. The molecule has 2 N–H and O–H groups in total. The van der Waals surface area contributed by atoms with Gasteiger partial charge in [0, 0.05) is 12.2 Å². The number of nitrogens with one attached hydrogen (secondary N) is 1. The van der Waals surface area contributed by atoms with E-state index in [-0.39, 0.29) is 12.5 Å². The van der Waals surface area contributed by atoms with Crippen molar-refractivity contribution in [3.05, 3.63) is 30.3 Å². The number of carbonyl (C=O) groups excluding carboxylic acids is 1. The average molecular weight is 262 g/mol. The van der Waals surface area contributed by atoms with Gasteiger partial charge in [-0.3, -0.25) is 14.5 Å².